The first-order valence-electron chi connectivity index (χ1n) is 9.96. The van der Waals surface area contributed by atoms with Crippen LogP contribution in [0.5, 0.6) is 0 Å². The Hall–Kier alpha value is -3.28. The normalized spacial score (nSPS) is 10.4. The molecule has 0 N–H and O–H groups in total. The van der Waals surface area contributed by atoms with Gasteiger partial charge in [-0.15, -0.1) is 11.8 Å². The Morgan fingerprint density at radius 2 is 1.91 bits per heavy atom. The van der Waals surface area contributed by atoms with Gasteiger partial charge in [0.25, 0.3) is 0 Å². The number of rotatable bonds is 5. The van der Waals surface area contributed by atoms with Crippen molar-refractivity contribution in [1.82, 2.24) is 14.8 Å². The lowest BCUT2D eigenvalue weighted by Crippen LogP contribution is -1.94. The van der Waals surface area contributed by atoms with Crippen molar-refractivity contribution >= 4 is 40.9 Å². The average Bonchev–Trinajstić information content (AvgIpc) is 3.38. The van der Waals surface area contributed by atoms with Gasteiger partial charge >= 0.3 is 6.15 Å². The highest BCUT2D eigenvalue weighted by Crippen LogP contribution is 2.40. The van der Waals surface area contributed by atoms with Gasteiger partial charge in [-0.25, -0.2) is 14.1 Å². The number of nitrogens with zero attached hydrogens (tertiary/aromatic N) is 4. The summed E-state index contributed by atoms with van der Waals surface area (Å²) in [6.45, 7) is 6.14. The second-order valence-electron chi connectivity index (χ2n) is 7.27. The van der Waals surface area contributed by atoms with Crippen LogP contribution in [0.1, 0.15) is 25.1 Å². The number of thiazole rings is 1. The van der Waals surface area contributed by atoms with Gasteiger partial charge in [0.15, 0.2) is 0 Å². The van der Waals surface area contributed by atoms with Gasteiger partial charge in [0.1, 0.15) is 11.9 Å². The van der Waals surface area contributed by atoms with E-state index in [0.717, 1.165) is 32.3 Å². The molecule has 0 spiro atoms. The predicted octanol–water partition coefficient (Wildman–Crippen LogP) is 6.55. The SMILES string of the molecule is Cc1nn(-c2nc(-c3ccc(Cl)c(C#N)c3)c(SC(C)C)s2)cc1-c1cccc(F)c1.O=C=O. The standard InChI is InChI=1S/C23H18ClFN4S2.CO2/c1-13(2)30-22-21(16-7-8-20(24)17(9-16)11-26)27-23(31-22)29-12-19(14(3)28-29)15-5-4-6-18(25)10-15;2-1-3/h4-10,12-13H,1-3H3;. The van der Waals surface area contributed by atoms with Crippen LogP contribution >= 0.6 is 34.7 Å². The second-order valence-corrected chi connectivity index (χ2v) is 10.5. The van der Waals surface area contributed by atoms with Gasteiger partial charge < -0.3 is 0 Å². The summed E-state index contributed by atoms with van der Waals surface area (Å²) in [6.07, 6.45) is 2.12. The number of halogens is 2. The molecular weight excluding hydrogens is 495 g/mol. The van der Waals surface area contributed by atoms with Crippen molar-refractivity contribution in [2.75, 3.05) is 0 Å². The zero-order valence-electron chi connectivity index (χ0n) is 18.4. The van der Waals surface area contributed by atoms with Crippen LogP contribution in [0.3, 0.4) is 0 Å². The topological polar surface area (TPSA) is 88.6 Å². The summed E-state index contributed by atoms with van der Waals surface area (Å²) in [6, 6.07) is 14.0. The van der Waals surface area contributed by atoms with Crippen LogP contribution in [0.25, 0.3) is 27.5 Å². The van der Waals surface area contributed by atoms with Crippen molar-refractivity contribution in [3.8, 4) is 33.6 Å². The smallest absolute Gasteiger partial charge is 0.217 e. The molecule has 4 rings (SSSR count). The molecule has 34 heavy (non-hydrogen) atoms. The third-order valence-corrected chi connectivity index (χ3v) is 7.11. The second kappa shape index (κ2) is 11.2. The molecule has 172 valence electrons. The first-order chi connectivity index (χ1) is 16.3. The van der Waals surface area contributed by atoms with E-state index in [4.69, 9.17) is 26.2 Å². The van der Waals surface area contributed by atoms with E-state index in [1.165, 1.54) is 23.5 Å². The van der Waals surface area contributed by atoms with Crippen LogP contribution in [0, 0.1) is 24.1 Å². The van der Waals surface area contributed by atoms with E-state index in [1.807, 2.05) is 25.3 Å². The maximum absolute atomic E-state index is 13.7. The summed E-state index contributed by atoms with van der Waals surface area (Å²) < 4.78 is 16.5. The molecular formula is C24H18ClFN4O2S2. The molecule has 10 heteroatoms. The number of hydrogen-bond acceptors (Lipinski definition) is 7. The quantitative estimate of drug-likeness (QED) is 0.281. The highest BCUT2D eigenvalue weighted by atomic mass is 35.5. The maximum atomic E-state index is 13.7. The molecule has 2 aromatic carbocycles. The fourth-order valence-corrected chi connectivity index (χ4v) is 5.73. The van der Waals surface area contributed by atoms with E-state index in [-0.39, 0.29) is 12.0 Å². The fourth-order valence-electron chi connectivity index (χ4n) is 3.13. The first-order valence-corrected chi connectivity index (χ1v) is 12.0. The fraction of sp³-hybridized carbons (Fsp3) is 0.167. The average molecular weight is 513 g/mol. The summed E-state index contributed by atoms with van der Waals surface area (Å²) in [5.41, 5.74) is 4.46. The molecule has 0 aliphatic rings. The summed E-state index contributed by atoms with van der Waals surface area (Å²) in [5, 5.41) is 15.5. The van der Waals surface area contributed by atoms with Crippen LogP contribution in [-0.2, 0) is 9.59 Å². The van der Waals surface area contributed by atoms with E-state index in [9.17, 15) is 9.65 Å². The van der Waals surface area contributed by atoms with Gasteiger partial charge in [0.05, 0.1) is 26.2 Å². The van der Waals surface area contributed by atoms with Gasteiger partial charge in [-0.2, -0.15) is 19.9 Å². The number of aryl methyl sites for hydroxylation is 1. The van der Waals surface area contributed by atoms with Crippen molar-refractivity contribution < 1.29 is 14.0 Å². The molecule has 0 amide bonds. The summed E-state index contributed by atoms with van der Waals surface area (Å²) in [7, 11) is 0. The maximum Gasteiger partial charge on any atom is 0.373 e. The van der Waals surface area contributed by atoms with Crippen LogP contribution in [0.15, 0.2) is 52.9 Å². The number of carbonyl (C=O) groups excluding carboxylic acids is 2. The molecule has 0 atom stereocenters. The zero-order valence-corrected chi connectivity index (χ0v) is 20.8. The van der Waals surface area contributed by atoms with E-state index >= 15 is 0 Å². The Balaban J connectivity index is 0.00000103. The number of nitriles is 1. The van der Waals surface area contributed by atoms with Crippen molar-refractivity contribution in [2.45, 2.75) is 30.2 Å². The van der Waals surface area contributed by atoms with Crippen molar-refractivity contribution in [1.29, 1.82) is 5.26 Å². The van der Waals surface area contributed by atoms with Crippen LogP contribution in [-0.4, -0.2) is 26.2 Å². The van der Waals surface area contributed by atoms with Crippen LogP contribution in [0.2, 0.25) is 5.02 Å². The largest absolute Gasteiger partial charge is 0.373 e. The zero-order chi connectivity index (χ0) is 24.8. The predicted molar refractivity (Wildman–Crippen MR) is 131 cm³/mol. The van der Waals surface area contributed by atoms with Gasteiger partial charge in [0, 0.05) is 22.6 Å². The summed E-state index contributed by atoms with van der Waals surface area (Å²) >= 11 is 9.36. The number of benzene rings is 2. The highest BCUT2D eigenvalue weighted by Gasteiger charge is 2.19. The molecule has 6 nitrogen and oxygen atoms in total. The van der Waals surface area contributed by atoms with Gasteiger partial charge in [0.2, 0.25) is 5.13 Å². The third kappa shape index (κ3) is 5.79. The molecule has 0 saturated heterocycles. The molecule has 2 heterocycles. The molecule has 0 aliphatic carbocycles. The number of thioether (sulfide) groups is 1. The summed E-state index contributed by atoms with van der Waals surface area (Å²) in [4.78, 5) is 21.1. The van der Waals surface area contributed by atoms with Crippen molar-refractivity contribution in [3.05, 3.63) is 70.8 Å². The van der Waals surface area contributed by atoms with E-state index in [0.29, 0.717) is 21.0 Å². The Morgan fingerprint density at radius 3 is 2.56 bits per heavy atom. The van der Waals surface area contributed by atoms with Crippen LogP contribution in [0.4, 0.5) is 4.39 Å². The molecule has 0 radical (unpaired) electrons. The molecule has 0 bridgehead atoms. The van der Waals surface area contributed by atoms with Gasteiger partial charge in [-0.05, 0) is 36.8 Å². The highest BCUT2D eigenvalue weighted by molar-refractivity contribution is 8.01. The van der Waals surface area contributed by atoms with Crippen molar-refractivity contribution in [3.63, 3.8) is 0 Å². The Morgan fingerprint density at radius 1 is 1.18 bits per heavy atom. The van der Waals surface area contributed by atoms with Gasteiger partial charge in [-0.1, -0.05) is 55.0 Å². The minimum atomic E-state index is -0.284. The van der Waals surface area contributed by atoms with Gasteiger partial charge in [-0.3, -0.25) is 0 Å². The molecule has 4 aromatic rings. The lowest BCUT2D eigenvalue weighted by Gasteiger charge is -2.05. The third-order valence-electron chi connectivity index (χ3n) is 4.52. The van der Waals surface area contributed by atoms with E-state index in [2.05, 4.69) is 25.0 Å². The Kier molecular flexibility index (Phi) is 8.37. The Labute approximate surface area is 209 Å². The number of hydrogen-bond donors (Lipinski definition) is 0. The number of aromatic nitrogens is 3. The molecule has 0 saturated carbocycles. The Bertz CT molecular complexity index is 1400. The lowest BCUT2D eigenvalue weighted by molar-refractivity contribution is -0.191. The molecule has 2 aromatic heterocycles. The minimum Gasteiger partial charge on any atom is -0.217 e. The van der Waals surface area contributed by atoms with E-state index < -0.39 is 0 Å². The first kappa shape index (κ1) is 25.3. The monoisotopic (exact) mass is 512 g/mol. The molecule has 0 unspecified atom stereocenters. The van der Waals surface area contributed by atoms with E-state index in [1.54, 1.807) is 34.6 Å². The minimum absolute atomic E-state index is 0.250. The lowest BCUT2D eigenvalue weighted by atomic mass is 10.1. The van der Waals surface area contributed by atoms with Crippen LogP contribution < -0.4 is 0 Å². The molecule has 0 fully saturated rings. The summed E-state index contributed by atoms with van der Waals surface area (Å²) in [5.74, 6) is -0.284. The molecule has 0 aliphatic heterocycles. The van der Waals surface area contributed by atoms with Crippen molar-refractivity contribution in [2.24, 2.45) is 0 Å².